The van der Waals surface area contributed by atoms with Crippen molar-refractivity contribution in [1.82, 2.24) is 0 Å². The van der Waals surface area contributed by atoms with Crippen LogP contribution >= 0.6 is 0 Å². The number of aliphatic hydroxyl groups is 2. The topological polar surface area (TPSA) is 40.5 Å². The van der Waals surface area contributed by atoms with Crippen LogP contribution in [0.2, 0.25) is 0 Å². The predicted molar refractivity (Wildman–Crippen MR) is 32.9 cm³/mol. The van der Waals surface area contributed by atoms with Gasteiger partial charge in [-0.3, -0.25) is 0 Å². The molecule has 0 heterocycles. The molecular weight excluding hydrogens is 116 g/mol. The lowest BCUT2D eigenvalue weighted by Gasteiger charge is -2.54. The maximum atomic E-state index is 8.95. The van der Waals surface area contributed by atoms with Crippen molar-refractivity contribution in [2.45, 2.75) is 37.9 Å². The Bertz CT molecular complexity index is 101. The molecule has 2 aliphatic carbocycles. The van der Waals surface area contributed by atoms with Crippen LogP contribution < -0.4 is 0 Å². The third-order valence-electron chi connectivity index (χ3n) is 2.67. The van der Waals surface area contributed by atoms with Gasteiger partial charge in [-0.25, -0.2) is 0 Å². The van der Waals surface area contributed by atoms with E-state index in [4.69, 9.17) is 10.2 Å². The van der Waals surface area contributed by atoms with Crippen molar-refractivity contribution in [2.75, 3.05) is 0 Å². The van der Waals surface area contributed by atoms with Gasteiger partial charge in [0.25, 0.3) is 0 Å². The summed E-state index contributed by atoms with van der Waals surface area (Å²) in [4.78, 5) is 0. The molecule has 2 saturated carbocycles. The molecule has 9 heavy (non-hydrogen) atoms. The molecule has 52 valence electrons. The maximum Gasteiger partial charge on any atom is 0.0551 e. The Morgan fingerprint density at radius 2 is 1.22 bits per heavy atom. The summed E-state index contributed by atoms with van der Waals surface area (Å²) in [6, 6.07) is 0. The molecule has 0 unspecified atom stereocenters. The van der Waals surface area contributed by atoms with Crippen molar-refractivity contribution >= 4 is 0 Å². The maximum absolute atomic E-state index is 8.95. The number of rotatable bonds is 0. The van der Waals surface area contributed by atoms with Crippen LogP contribution in [0.25, 0.3) is 0 Å². The molecule has 1 spiro atoms. The van der Waals surface area contributed by atoms with E-state index >= 15 is 0 Å². The fraction of sp³-hybridized carbons (Fsp3) is 1.00. The molecule has 2 rings (SSSR count). The van der Waals surface area contributed by atoms with Crippen molar-refractivity contribution in [3.05, 3.63) is 0 Å². The van der Waals surface area contributed by atoms with E-state index in [1.54, 1.807) is 0 Å². The summed E-state index contributed by atoms with van der Waals surface area (Å²) >= 11 is 0. The predicted octanol–water partition coefficient (Wildman–Crippen LogP) is 0.282. The van der Waals surface area contributed by atoms with Gasteiger partial charge in [0.2, 0.25) is 0 Å². The van der Waals surface area contributed by atoms with Crippen molar-refractivity contribution in [3.63, 3.8) is 0 Å². The quantitative estimate of drug-likeness (QED) is 0.492. The smallest absolute Gasteiger partial charge is 0.0551 e. The summed E-state index contributed by atoms with van der Waals surface area (Å²) in [6.07, 6.45) is 3.62. The van der Waals surface area contributed by atoms with Crippen LogP contribution in [0, 0.1) is 5.41 Å². The highest BCUT2D eigenvalue weighted by molar-refractivity contribution is 5.03. The van der Waals surface area contributed by atoms with E-state index in [0.717, 1.165) is 25.7 Å². The number of aliphatic hydroxyl groups excluding tert-OH is 2. The van der Waals surface area contributed by atoms with Crippen LogP contribution in [-0.4, -0.2) is 22.4 Å². The Labute approximate surface area is 54.5 Å². The van der Waals surface area contributed by atoms with Gasteiger partial charge in [0.1, 0.15) is 0 Å². The van der Waals surface area contributed by atoms with Crippen molar-refractivity contribution in [3.8, 4) is 0 Å². The average molecular weight is 128 g/mol. The SMILES string of the molecule is OC1CC2(C1)CC(O)C2. The first-order chi connectivity index (χ1) is 4.20. The Morgan fingerprint density at radius 1 is 0.889 bits per heavy atom. The highest BCUT2D eigenvalue weighted by atomic mass is 16.3. The fourth-order valence-corrected chi connectivity index (χ4v) is 2.21. The second-order valence-electron chi connectivity index (χ2n) is 3.62. The molecule has 2 fully saturated rings. The second kappa shape index (κ2) is 1.50. The second-order valence-corrected chi connectivity index (χ2v) is 3.62. The van der Waals surface area contributed by atoms with Crippen LogP contribution in [0.4, 0.5) is 0 Å². The molecule has 0 aromatic heterocycles. The Balaban J connectivity index is 1.87. The van der Waals surface area contributed by atoms with E-state index in [1.807, 2.05) is 0 Å². The normalized spacial score (nSPS) is 56.7. The van der Waals surface area contributed by atoms with Gasteiger partial charge >= 0.3 is 0 Å². The zero-order valence-corrected chi connectivity index (χ0v) is 5.38. The Morgan fingerprint density at radius 3 is 1.44 bits per heavy atom. The lowest BCUT2D eigenvalue weighted by atomic mass is 9.54. The standard InChI is InChI=1S/C7H12O2/c8-5-1-7(2-5)3-6(9)4-7/h5-6,8-9H,1-4H2. The molecule has 0 aromatic carbocycles. The minimum atomic E-state index is -0.0579. The largest absolute Gasteiger partial charge is 0.393 e. The highest BCUT2D eigenvalue weighted by Gasteiger charge is 2.51. The number of hydrogen-bond acceptors (Lipinski definition) is 2. The Hall–Kier alpha value is -0.0800. The van der Waals surface area contributed by atoms with Gasteiger partial charge in [0, 0.05) is 0 Å². The van der Waals surface area contributed by atoms with Gasteiger partial charge in [-0.1, -0.05) is 0 Å². The first-order valence-corrected chi connectivity index (χ1v) is 3.56. The summed E-state index contributed by atoms with van der Waals surface area (Å²) in [7, 11) is 0. The van der Waals surface area contributed by atoms with Gasteiger partial charge in [-0.2, -0.15) is 0 Å². The summed E-state index contributed by atoms with van der Waals surface area (Å²) in [6.45, 7) is 0. The first kappa shape index (κ1) is 5.69. The fourth-order valence-electron chi connectivity index (χ4n) is 2.21. The minimum absolute atomic E-state index is 0.0579. The molecule has 2 N–H and O–H groups in total. The van der Waals surface area contributed by atoms with Gasteiger partial charge in [0.05, 0.1) is 12.2 Å². The van der Waals surface area contributed by atoms with Gasteiger partial charge in [-0.15, -0.1) is 0 Å². The average Bonchev–Trinajstić information content (AvgIpc) is 1.58. The van der Waals surface area contributed by atoms with Crippen molar-refractivity contribution < 1.29 is 10.2 Å². The molecule has 0 amide bonds. The van der Waals surface area contributed by atoms with E-state index in [-0.39, 0.29) is 12.2 Å². The highest BCUT2D eigenvalue weighted by Crippen LogP contribution is 2.55. The first-order valence-electron chi connectivity index (χ1n) is 3.56. The van der Waals surface area contributed by atoms with Crippen molar-refractivity contribution in [2.24, 2.45) is 5.41 Å². The molecule has 2 nitrogen and oxygen atoms in total. The van der Waals surface area contributed by atoms with E-state index < -0.39 is 0 Å². The molecule has 0 radical (unpaired) electrons. The summed E-state index contributed by atoms with van der Waals surface area (Å²) < 4.78 is 0. The van der Waals surface area contributed by atoms with E-state index in [2.05, 4.69) is 0 Å². The number of hydrogen-bond donors (Lipinski definition) is 2. The molecule has 2 aliphatic rings. The monoisotopic (exact) mass is 128 g/mol. The lowest BCUT2D eigenvalue weighted by molar-refractivity contribution is -0.139. The van der Waals surface area contributed by atoms with E-state index in [1.165, 1.54) is 0 Å². The molecule has 0 saturated heterocycles. The molecule has 0 aromatic rings. The van der Waals surface area contributed by atoms with E-state index in [9.17, 15) is 0 Å². The molecule has 2 heteroatoms. The molecule has 0 aliphatic heterocycles. The lowest BCUT2D eigenvalue weighted by Crippen LogP contribution is -2.52. The van der Waals surface area contributed by atoms with Crippen molar-refractivity contribution in [1.29, 1.82) is 0 Å². The third kappa shape index (κ3) is 0.700. The zero-order valence-electron chi connectivity index (χ0n) is 5.38. The molecule has 0 atom stereocenters. The van der Waals surface area contributed by atoms with Gasteiger partial charge in [-0.05, 0) is 31.1 Å². The van der Waals surface area contributed by atoms with Crippen LogP contribution in [0.15, 0.2) is 0 Å². The molecule has 0 bridgehead atoms. The van der Waals surface area contributed by atoms with Crippen LogP contribution in [0.1, 0.15) is 25.7 Å². The van der Waals surface area contributed by atoms with E-state index in [0.29, 0.717) is 5.41 Å². The summed E-state index contributed by atoms with van der Waals surface area (Å²) in [5, 5.41) is 17.9. The third-order valence-corrected chi connectivity index (χ3v) is 2.67. The van der Waals surface area contributed by atoms with Gasteiger partial charge < -0.3 is 10.2 Å². The minimum Gasteiger partial charge on any atom is -0.393 e. The summed E-state index contributed by atoms with van der Waals surface area (Å²) in [5.74, 6) is 0. The Kier molecular flexibility index (Phi) is 0.945. The van der Waals surface area contributed by atoms with Crippen LogP contribution in [-0.2, 0) is 0 Å². The van der Waals surface area contributed by atoms with Gasteiger partial charge in [0.15, 0.2) is 0 Å². The summed E-state index contributed by atoms with van der Waals surface area (Å²) in [5.41, 5.74) is 0.388. The van der Waals surface area contributed by atoms with Crippen LogP contribution in [0.5, 0.6) is 0 Å². The molecular formula is C7H12O2. The zero-order chi connectivity index (χ0) is 6.48. The van der Waals surface area contributed by atoms with Crippen LogP contribution in [0.3, 0.4) is 0 Å².